The molecule has 0 N–H and O–H groups in total. The Morgan fingerprint density at radius 1 is 1.00 bits per heavy atom. The maximum atomic E-state index is 13.2. The van der Waals surface area contributed by atoms with Crippen LogP contribution in [-0.4, -0.2) is 5.71 Å². The lowest BCUT2D eigenvalue weighted by atomic mass is 10.0. The molecule has 0 atom stereocenters. The van der Waals surface area contributed by atoms with Crippen LogP contribution in [0.15, 0.2) is 64.1 Å². The van der Waals surface area contributed by atoms with E-state index in [-0.39, 0.29) is 5.83 Å². The second-order valence-electron chi connectivity index (χ2n) is 4.77. The van der Waals surface area contributed by atoms with Crippen molar-refractivity contribution in [2.45, 2.75) is 41.5 Å². The van der Waals surface area contributed by atoms with Gasteiger partial charge in [-0.05, 0) is 76.0 Å². The van der Waals surface area contributed by atoms with Crippen LogP contribution in [0.1, 0.15) is 41.5 Å². The summed E-state index contributed by atoms with van der Waals surface area (Å²) in [6.45, 7) is 15.3. The Morgan fingerprint density at radius 2 is 1.53 bits per heavy atom. The Hall–Kier alpha value is -1.70. The molecule has 0 rings (SSSR count). The molecule has 0 unspecified atom stereocenters. The lowest BCUT2D eigenvalue weighted by Gasteiger charge is -2.05. The molecule has 104 valence electrons. The number of hydrogen-bond donors (Lipinski definition) is 0. The van der Waals surface area contributed by atoms with Gasteiger partial charge in [0.25, 0.3) is 0 Å². The summed E-state index contributed by atoms with van der Waals surface area (Å²) in [6.07, 6.45) is 6.73. The Labute approximate surface area is 116 Å². The van der Waals surface area contributed by atoms with E-state index in [0.29, 0.717) is 0 Å². The Balaban J connectivity index is 5.38. The third kappa shape index (κ3) is 7.35. The van der Waals surface area contributed by atoms with Crippen molar-refractivity contribution in [3.63, 3.8) is 0 Å². The van der Waals surface area contributed by atoms with Gasteiger partial charge in [0.2, 0.25) is 0 Å². The summed E-state index contributed by atoms with van der Waals surface area (Å²) in [4.78, 5) is 4.28. The first-order valence-electron chi connectivity index (χ1n) is 6.33. The number of rotatable bonds is 5. The molecule has 1 nitrogen and oxygen atoms in total. The maximum absolute atomic E-state index is 13.2. The number of nitrogens with zero attached hydrogens (tertiary/aromatic N) is 1. The van der Waals surface area contributed by atoms with Gasteiger partial charge in [0.1, 0.15) is 5.83 Å². The average Bonchev–Trinajstić information content (AvgIpc) is 2.32. The second-order valence-corrected chi connectivity index (χ2v) is 4.77. The fourth-order valence-electron chi connectivity index (χ4n) is 1.22. The van der Waals surface area contributed by atoms with Gasteiger partial charge < -0.3 is 0 Å². The van der Waals surface area contributed by atoms with Crippen LogP contribution in [0.2, 0.25) is 0 Å². The first-order chi connectivity index (χ1) is 8.77. The topological polar surface area (TPSA) is 12.4 Å². The van der Waals surface area contributed by atoms with Gasteiger partial charge in [-0.2, -0.15) is 0 Å². The summed E-state index contributed by atoms with van der Waals surface area (Å²) in [6, 6.07) is 0. The summed E-state index contributed by atoms with van der Waals surface area (Å²) in [5.41, 5.74) is 4.75. The van der Waals surface area contributed by atoms with Crippen LogP contribution in [0.25, 0.3) is 0 Å². The fraction of sp³-hybridized carbons (Fsp3) is 0.353. The highest BCUT2D eigenvalue weighted by molar-refractivity contribution is 5.79. The Kier molecular flexibility index (Phi) is 7.66. The van der Waals surface area contributed by atoms with Gasteiger partial charge >= 0.3 is 0 Å². The summed E-state index contributed by atoms with van der Waals surface area (Å²) >= 11 is 0. The third-order valence-electron chi connectivity index (χ3n) is 2.58. The zero-order valence-corrected chi connectivity index (χ0v) is 12.8. The largest absolute Gasteiger partial charge is 0.266 e. The van der Waals surface area contributed by atoms with E-state index >= 15 is 0 Å². The van der Waals surface area contributed by atoms with Crippen LogP contribution in [-0.2, 0) is 0 Å². The van der Waals surface area contributed by atoms with Crippen molar-refractivity contribution in [1.29, 1.82) is 0 Å². The van der Waals surface area contributed by atoms with Gasteiger partial charge in [0, 0.05) is 11.9 Å². The molecular formula is C17H24FN. The quantitative estimate of drug-likeness (QED) is 0.445. The predicted octanol–water partition coefficient (Wildman–Crippen LogP) is 5.69. The molecule has 0 aliphatic heterocycles. The highest BCUT2D eigenvalue weighted by Gasteiger charge is 1.99. The molecule has 0 aliphatic rings. The minimum absolute atomic E-state index is 0.228. The maximum Gasteiger partial charge on any atom is 0.119 e. The molecule has 0 amide bonds. The monoisotopic (exact) mass is 261 g/mol. The zero-order chi connectivity index (χ0) is 15.0. The number of allylic oxidation sites excluding steroid dienone is 8. The molecule has 0 bridgehead atoms. The number of aliphatic imine (C=N–C) groups is 1. The summed E-state index contributed by atoms with van der Waals surface area (Å²) in [5, 5.41) is 0. The van der Waals surface area contributed by atoms with E-state index in [1.54, 1.807) is 13.1 Å². The molecule has 0 aromatic heterocycles. The number of halogens is 1. The smallest absolute Gasteiger partial charge is 0.119 e. The normalized spacial score (nSPS) is 14.5. The van der Waals surface area contributed by atoms with Crippen LogP contribution in [0.5, 0.6) is 0 Å². The Bertz CT molecular complexity index is 481. The van der Waals surface area contributed by atoms with Crippen molar-refractivity contribution < 1.29 is 4.39 Å². The molecule has 0 heterocycles. The second kappa shape index (κ2) is 8.41. The van der Waals surface area contributed by atoms with Gasteiger partial charge in [-0.3, -0.25) is 4.99 Å². The number of hydrogen-bond acceptors (Lipinski definition) is 1. The summed E-state index contributed by atoms with van der Waals surface area (Å²) in [7, 11) is 0. The van der Waals surface area contributed by atoms with E-state index in [4.69, 9.17) is 0 Å². The van der Waals surface area contributed by atoms with Crippen LogP contribution in [0, 0.1) is 0 Å². The minimum atomic E-state index is -0.228. The molecule has 0 saturated carbocycles. The van der Waals surface area contributed by atoms with Crippen molar-refractivity contribution in [1.82, 2.24) is 0 Å². The lowest BCUT2D eigenvalue weighted by Crippen LogP contribution is -1.86. The predicted molar refractivity (Wildman–Crippen MR) is 84.1 cm³/mol. The van der Waals surface area contributed by atoms with Gasteiger partial charge in [0.15, 0.2) is 0 Å². The van der Waals surface area contributed by atoms with E-state index in [0.717, 1.165) is 28.0 Å². The molecule has 0 aliphatic carbocycles. The molecule has 0 radical (unpaired) electrons. The van der Waals surface area contributed by atoms with Gasteiger partial charge in [0.05, 0.1) is 0 Å². The van der Waals surface area contributed by atoms with E-state index in [1.165, 1.54) is 12.2 Å². The first-order valence-corrected chi connectivity index (χ1v) is 6.33. The van der Waals surface area contributed by atoms with Crippen molar-refractivity contribution in [3.8, 4) is 0 Å². The van der Waals surface area contributed by atoms with Crippen LogP contribution in [0.3, 0.4) is 0 Å². The highest BCUT2D eigenvalue weighted by atomic mass is 19.1. The summed E-state index contributed by atoms with van der Waals surface area (Å²) < 4.78 is 13.2. The average molecular weight is 261 g/mol. The molecule has 0 aromatic carbocycles. The van der Waals surface area contributed by atoms with Crippen molar-refractivity contribution >= 4 is 5.71 Å². The van der Waals surface area contributed by atoms with Gasteiger partial charge in [-0.1, -0.05) is 12.7 Å². The zero-order valence-electron chi connectivity index (χ0n) is 12.8. The molecule has 19 heavy (non-hydrogen) atoms. The van der Waals surface area contributed by atoms with E-state index < -0.39 is 0 Å². The fourth-order valence-corrected chi connectivity index (χ4v) is 1.22. The third-order valence-corrected chi connectivity index (χ3v) is 2.58. The minimum Gasteiger partial charge on any atom is -0.266 e. The Morgan fingerprint density at radius 3 is 1.95 bits per heavy atom. The molecule has 0 fully saturated rings. The van der Waals surface area contributed by atoms with E-state index in [2.05, 4.69) is 11.6 Å². The lowest BCUT2D eigenvalue weighted by molar-refractivity contribution is 0.663. The van der Waals surface area contributed by atoms with E-state index in [1.807, 2.05) is 40.7 Å². The standard InChI is InChI=1S/C17H24FN/c1-8-17(18)10-15(7)14(6)9-16(12(2)3)11-19-13(4)5/h8-11H,2H2,1,3-7H3/b14-9+,15-10+,16-11-,17-8?. The van der Waals surface area contributed by atoms with Crippen molar-refractivity contribution in [3.05, 3.63) is 59.1 Å². The molecule has 0 aromatic rings. The first kappa shape index (κ1) is 17.3. The van der Waals surface area contributed by atoms with Crippen molar-refractivity contribution in [2.75, 3.05) is 0 Å². The SMILES string of the molecule is C=C(C)C(=C\N=C(C)C)/C=C(C)/C(C)=C/C(F)=CC. The van der Waals surface area contributed by atoms with Gasteiger partial charge in [-0.15, -0.1) is 0 Å². The molecular weight excluding hydrogens is 237 g/mol. The molecule has 2 heteroatoms. The van der Waals surface area contributed by atoms with Crippen LogP contribution < -0.4 is 0 Å². The molecule has 0 spiro atoms. The van der Waals surface area contributed by atoms with Crippen LogP contribution >= 0.6 is 0 Å². The highest BCUT2D eigenvalue weighted by Crippen LogP contribution is 2.18. The van der Waals surface area contributed by atoms with Crippen LogP contribution in [0.4, 0.5) is 4.39 Å². The van der Waals surface area contributed by atoms with E-state index in [9.17, 15) is 4.39 Å². The summed E-state index contributed by atoms with van der Waals surface area (Å²) in [5.74, 6) is -0.228. The van der Waals surface area contributed by atoms with Crippen molar-refractivity contribution in [2.24, 2.45) is 4.99 Å². The molecule has 0 saturated heterocycles. The van der Waals surface area contributed by atoms with Gasteiger partial charge in [-0.25, -0.2) is 4.39 Å².